The number of amidine groups is 1. The molecule has 2 rings (SSSR count). The molecule has 1 fully saturated rings. The lowest BCUT2D eigenvalue weighted by atomic mass is 10.4. The van der Waals surface area contributed by atoms with Gasteiger partial charge in [-0.15, -0.1) is 12.4 Å². The van der Waals surface area contributed by atoms with Crippen LogP contribution in [0, 0.1) is 0 Å². The number of thioether (sulfide) groups is 1. The monoisotopic (exact) mass is 221 g/mol. The van der Waals surface area contributed by atoms with Crippen molar-refractivity contribution >= 4 is 35.2 Å². The first-order valence-corrected chi connectivity index (χ1v) is 5.05. The summed E-state index contributed by atoms with van der Waals surface area (Å²) in [6.45, 7) is 3.93. The van der Waals surface area contributed by atoms with Crippen molar-refractivity contribution in [3.8, 4) is 0 Å². The lowest BCUT2D eigenvalue weighted by molar-refractivity contribution is -0.115. The fourth-order valence-corrected chi connectivity index (χ4v) is 2.16. The van der Waals surface area contributed by atoms with E-state index >= 15 is 0 Å². The number of piperazine rings is 1. The zero-order valence-corrected chi connectivity index (χ0v) is 8.79. The van der Waals surface area contributed by atoms with Crippen molar-refractivity contribution in [1.82, 2.24) is 10.2 Å². The van der Waals surface area contributed by atoms with E-state index in [1.165, 1.54) is 0 Å². The third-order valence-corrected chi connectivity index (χ3v) is 2.93. The quantitative estimate of drug-likeness (QED) is 0.623. The molecule has 6 heteroatoms. The van der Waals surface area contributed by atoms with Crippen LogP contribution in [0.3, 0.4) is 0 Å². The molecule has 0 spiro atoms. The second-order valence-electron chi connectivity index (χ2n) is 2.81. The zero-order chi connectivity index (χ0) is 8.39. The first-order valence-electron chi connectivity index (χ1n) is 4.06. The Morgan fingerprint density at radius 2 is 2.08 bits per heavy atom. The van der Waals surface area contributed by atoms with Crippen LogP contribution in [0.4, 0.5) is 0 Å². The molecular formula is C7H12ClN3OS. The number of carbonyl (C=O) groups is 1. The average molecular weight is 222 g/mol. The van der Waals surface area contributed by atoms with Crippen LogP contribution in [-0.4, -0.2) is 47.9 Å². The molecule has 13 heavy (non-hydrogen) atoms. The van der Waals surface area contributed by atoms with Crippen molar-refractivity contribution < 1.29 is 4.79 Å². The Balaban J connectivity index is 0.000000845. The number of rotatable bonds is 0. The van der Waals surface area contributed by atoms with Crippen molar-refractivity contribution in [2.24, 2.45) is 4.99 Å². The highest BCUT2D eigenvalue weighted by atomic mass is 35.5. The Bertz CT molecular complexity index is 228. The summed E-state index contributed by atoms with van der Waals surface area (Å²) in [4.78, 5) is 17.0. The molecule has 74 valence electrons. The van der Waals surface area contributed by atoms with Crippen LogP contribution in [0.2, 0.25) is 0 Å². The summed E-state index contributed by atoms with van der Waals surface area (Å²) in [6.07, 6.45) is 0. The minimum atomic E-state index is 0. The SMILES string of the molecule is Cl.O=C1CSC(N2CCNCC2)=N1. The highest BCUT2D eigenvalue weighted by Gasteiger charge is 2.21. The van der Waals surface area contributed by atoms with Gasteiger partial charge in [0.1, 0.15) is 0 Å². The summed E-state index contributed by atoms with van der Waals surface area (Å²) in [7, 11) is 0. The van der Waals surface area contributed by atoms with E-state index in [2.05, 4.69) is 15.2 Å². The summed E-state index contributed by atoms with van der Waals surface area (Å²) in [6, 6.07) is 0. The van der Waals surface area contributed by atoms with Crippen LogP contribution in [0.1, 0.15) is 0 Å². The summed E-state index contributed by atoms with van der Waals surface area (Å²) < 4.78 is 0. The van der Waals surface area contributed by atoms with Crippen LogP contribution in [-0.2, 0) is 4.79 Å². The van der Waals surface area contributed by atoms with Crippen molar-refractivity contribution in [2.75, 3.05) is 31.9 Å². The Morgan fingerprint density at radius 1 is 1.38 bits per heavy atom. The highest BCUT2D eigenvalue weighted by molar-refractivity contribution is 8.14. The smallest absolute Gasteiger partial charge is 0.258 e. The molecule has 0 aromatic heterocycles. The fraction of sp³-hybridized carbons (Fsp3) is 0.714. The largest absolute Gasteiger partial charge is 0.349 e. The summed E-state index contributed by atoms with van der Waals surface area (Å²) in [5, 5.41) is 4.18. The van der Waals surface area contributed by atoms with Gasteiger partial charge >= 0.3 is 0 Å². The molecule has 2 aliphatic rings. The third kappa shape index (κ3) is 2.59. The van der Waals surface area contributed by atoms with E-state index in [9.17, 15) is 4.79 Å². The average Bonchev–Trinajstić information content (AvgIpc) is 2.54. The van der Waals surface area contributed by atoms with E-state index in [4.69, 9.17) is 0 Å². The molecule has 0 aromatic carbocycles. The first kappa shape index (κ1) is 10.8. The molecular weight excluding hydrogens is 210 g/mol. The number of nitrogens with one attached hydrogen (secondary N) is 1. The fourth-order valence-electron chi connectivity index (χ4n) is 1.32. The molecule has 0 atom stereocenters. The molecule has 0 radical (unpaired) electrons. The number of halogens is 1. The Kier molecular flexibility index (Phi) is 4.02. The molecule has 0 aliphatic carbocycles. The Hall–Kier alpha value is -0.260. The van der Waals surface area contributed by atoms with Gasteiger partial charge in [-0.3, -0.25) is 4.79 Å². The molecule has 2 aliphatic heterocycles. The first-order chi connectivity index (χ1) is 5.86. The lowest BCUT2D eigenvalue weighted by Crippen LogP contribution is -2.45. The zero-order valence-electron chi connectivity index (χ0n) is 7.15. The molecule has 0 bridgehead atoms. The number of carbonyl (C=O) groups excluding carboxylic acids is 1. The van der Waals surface area contributed by atoms with Gasteiger partial charge in [0.15, 0.2) is 5.17 Å². The van der Waals surface area contributed by atoms with Crippen LogP contribution < -0.4 is 5.32 Å². The normalized spacial score (nSPS) is 22.6. The third-order valence-electron chi connectivity index (χ3n) is 1.93. The van der Waals surface area contributed by atoms with E-state index in [-0.39, 0.29) is 18.3 Å². The Labute approximate surface area is 87.6 Å². The molecule has 0 saturated carbocycles. The second kappa shape index (κ2) is 4.83. The number of nitrogens with zero attached hydrogens (tertiary/aromatic N) is 2. The van der Waals surface area contributed by atoms with Crippen LogP contribution in [0.5, 0.6) is 0 Å². The van der Waals surface area contributed by atoms with Gasteiger partial charge in [-0.1, -0.05) is 11.8 Å². The molecule has 1 N–H and O–H groups in total. The van der Waals surface area contributed by atoms with Gasteiger partial charge in [-0.2, -0.15) is 4.99 Å². The standard InChI is InChI=1S/C7H11N3OS.ClH/c11-6-5-12-7(9-6)10-3-1-8-2-4-10;/h8H,1-5H2;1H. The van der Waals surface area contributed by atoms with E-state index in [1.54, 1.807) is 11.8 Å². The van der Waals surface area contributed by atoms with E-state index in [1.807, 2.05) is 0 Å². The summed E-state index contributed by atoms with van der Waals surface area (Å²) in [5.41, 5.74) is 0. The van der Waals surface area contributed by atoms with Crippen molar-refractivity contribution in [3.63, 3.8) is 0 Å². The maximum absolute atomic E-state index is 10.8. The van der Waals surface area contributed by atoms with Crippen LogP contribution in [0.15, 0.2) is 4.99 Å². The molecule has 1 amide bonds. The summed E-state index contributed by atoms with van der Waals surface area (Å²) >= 11 is 1.56. The maximum Gasteiger partial charge on any atom is 0.258 e. The minimum Gasteiger partial charge on any atom is -0.349 e. The number of hydrogen-bond acceptors (Lipinski definition) is 4. The van der Waals surface area contributed by atoms with Gasteiger partial charge in [0, 0.05) is 26.2 Å². The minimum absolute atomic E-state index is 0. The van der Waals surface area contributed by atoms with E-state index < -0.39 is 0 Å². The molecule has 0 aromatic rings. The van der Waals surface area contributed by atoms with E-state index in [0.717, 1.165) is 31.3 Å². The van der Waals surface area contributed by atoms with Gasteiger partial charge in [0.2, 0.25) is 0 Å². The van der Waals surface area contributed by atoms with Crippen LogP contribution in [0.25, 0.3) is 0 Å². The lowest BCUT2D eigenvalue weighted by Gasteiger charge is -2.27. The van der Waals surface area contributed by atoms with Crippen molar-refractivity contribution in [2.45, 2.75) is 0 Å². The topological polar surface area (TPSA) is 44.7 Å². The highest BCUT2D eigenvalue weighted by Crippen LogP contribution is 2.16. The van der Waals surface area contributed by atoms with Gasteiger partial charge in [0.25, 0.3) is 5.91 Å². The number of hydrogen-bond donors (Lipinski definition) is 1. The van der Waals surface area contributed by atoms with Crippen molar-refractivity contribution in [3.05, 3.63) is 0 Å². The van der Waals surface area contributed by atoms with Gasteiger partial charge in [-0.25, -0.2) is 0 Å². The predicted octanol–water partition coefficient (Wildman–Crippen LogP) is -0.0572. The second-order valence-corrected chi connectivity index (χ2v) is 3.76. The molecule has 0 unspecified atom stereocenters. The molecule has 4 nitrogen and oxygen atoms in total. The number of amides is 1. The van der Waals surface area contributed by atoms with Crippen LogP contribution >= 0.6 is 24.2 Å². The summed E-state index contributed by atoms with van der Waals surface area (Å²) in [5.74, 6) is 0.535. The van der Waals surface area contributed by atoms with Crippen molar-refractivity contribution in [1.29, 1.82) is 0 Å². The van der Waals surface area contributed by atoms with Gasteiger partial charge in [0.05, 0.1) is 5.75 Å². The molecule has 1 saturated heterocycles. The molecule has 2 heterocycles. The van der Waals surface area contributed by atoms with Gasteiger partial charge in [-0.05, 0) is 0 Å². The van der Waals surface area contributed by atoms with E-state index in [0.29, 0.717) is 5.75 Å². The Morgan fingerprint density at radius 3 is 2.62 bits per heavy atom. The maximum atomic E-state index is 10.8. The predicted molar refractivity (Wildman–Crippen MR) is 56.6 cm³/mol. The van der Waals surface area contributed by atoms with Gasteiger partial charge < -0.3 is 10.2 Å². The number of aliphatic imine (C=N–C) groups is 1.